The third-order valence-electron chi connectivity index (χ3n) is 3.54. The monoisotopic (exact) mass is 233 g/mol. The Kier molecular flexibility index (Phi) is 2.33. The van der Waals surface area contributed by atoms with Gasteiger partial charge >= 0.3 is 0 Å². The van der Waals surface area contributed by atoms with Crippen molar-refractivity contribution in [2.24, 2.45) is 0 Å². The minimum atomic E-state index is -0.148. The van der Waals surface area contributed by atoms with E-state index in [0.717, 1.165) is 12.8 Å². The SMILES string of the molecule is O=C1c2ccc(O)c(O)c2CCC1NC1CC1. The molecular formula is C13H15NO3. The van der Waals surface area contributed by atoms with E-state index in [1.54, 1.807) is 6.07 Å². The second kappa shape index (κ2) is 3.74. The van der Waals surface area contributed by atoms with Crippen LogP contribution < -0.4 is 5.32 Å². The summed E-state index contributed by atoms with van der Waals surface area (Å²) in [6.45, 7) is 0. The van der Waals surface area contributed by atoms with Crippen molar-refractivity contribution in [3.63, 3.8) is 0 Å². The summed E-state index contributed by atoms with van der Waals surface area (Å²) in [7, 11) is 0. The van der Waals surface area contributed by atoms with Crippen molar-refractivity contribution in [3.05, 3.63) is 23.3 Å². The van der Waals surface area contributed by atoms with Crippen LogP contribution >= 0.6 is 0 Å². The smallest absolute Gasteiger partial charge is 0.180 e. The molecule has 0 heterocycles. The van der Waals surface area contributed by atoms with Crippen LogP contribution in [0.15, 0.2) is 12.1 Å². The molecule has 1 aromatic carbocycles. The van der Waals surface area contributed by atoms with Crippen molar-refractivity contribution < 1.29 is 15.0 Å². The zero-order valence-electron chi connectivity index (χ0n) is 9.44. The molecule has 0 radical (unpaired) electrons. The highest BCUT2D eigenvalue weighted by molar-refractivity contribution is 6.03. The maximum Gasteiger partial charge on any atom is 0.180 e. The molecule has 4 nitrogen and oxygen atoms in total. The number of phenols is 2. The lowest BCUT2D eigenvalue weighted by atomic mass is 9.86. The molecule has 1 fully saturated rings. The molecule has 4 heteroatoms. The van der Waals surface area contributed by atoms with Crippen molar-refractivity contribution in [3.8, 4) is 11.5 Å². The van der Waals surface area contributed by atoms with Crippen LogP contribution in [0.4, 0.5) is 0 Å². The summed E-state index contributed by atoms with van der Waals surface area (Å²) in [4.78, 5) is 12.2. The Morgan fingerprint density at radius 3 is 2.65 bits per heavy atom. The van der Waals surface area contributed by atoms with Crippen LogP contribution in [-0.2, 0) is 6.42 Å². The number of rotatable bonds is 2. The van der Waals surface area contributed by atoms with Gasteiger partial charge in [-0.25, -0.2) is 0 Å². The standard InChI is InChI=1S/C13H15NO3/c15-11-6-4-8-9(13(11)17)3-5-10(12(8)16)14-7-1-2-7/h4,6-7,10,14-15,17H,1-3,5H2. The number of aromatic hydroxyl groups is 2. The number of carbonyl (C=O) groups excluding carboxylic acids is 1. The van der Waals surface area contributed by atoms with Gasteiger partial charge in [0.15, 0.2) is 17.3 Å². The third kappa shape index (κ3) is 1.78. The summed E-state index contributed by atoms with van der Waals surface area (Å²) in [6, 6.07) is 3.36. The fourth-order valence-corrected chi connectivity index (χ4v) is 2.41. The highest BCUT2D eigenvalue weighted by Gasteiger charge is 2.33. The van der Waals surface area contributed by atoms with Crippen LogP contribution in [0.1, 0.15) is 35.2 Å². The first-order chi connectivity index (χ1) is 8.16. The van der Waals surface area contributed by atoms with Gasteiger partial charge in [0.25, 0.3) is 0 Å². The average molecular weight is 233 g/mol. The molecule has 0 saturated heterocycles. The average Bonchev–Trinajstić information content (AvgIpc) is 3.11. The highest BCUT2D eigenvalue weighted by atomic mass is 16.3. The van der Waals surface area contributed by atoms with E-state index in [0.29, 0.717) is 30.0 Å². The highest BCUT2D eigenvalue weighted by Crippen LogP contribution is 2.36. The summed E-state index contributed by atoms with van der Waals surface area (Å²) >= 11 is 0. The molecule has 2 aliphatic carbocycles. The van der Waals surface area contributed by atoms with Gasteiger partial charge in [0.05, 0.1) is 6.04 Å². The molecule has 1 atom stereocenters. The molecule has 0 aromatic heterocycles. The normalized spacial score (nSPS) is 23.5. The summed E-state index contributed by atoms with van der Waals surface area (Å²) in [5, 5.41) is 22.4. The van der Waals surface area contributed by atoms with Gasteiger partial charge < -0.3 is 15.5 Å². The quantitative estimate of drug-likeness (QED) is 0.674. The van der Waals surface area contributed by atoms with Gasteiger partial charge in [0.1, 0.15) is 0 Å². The van der Waals surface area contributed by atoms with Gasteiger partial charge in [-0.3, -0.25) is 4.79 Å². The lowest BCUT2D eigenvalue weighted by molar-refractivity contribution is 0.0925. The van der Waals surface area contributed by atoms with Crippen LogP contribution in [0.5, 0.6) is 11.5 Å². The number of carbonyl (C=O) groups is 1. The first-order valence-corrected chi connectivity index (χ1v) is 6.01. The predicted molar refractivity (Wildman–Crippen MR) is 62.4 cm³/mol. The molecule has 0 amide bonds. The Labute approximate surface area is 99.3 Å². The lowest BCUT2D eigenvalue weighted by Crippen LogP contribution is -2.41. The number of ketones is 1. The Morgan fingerprint density at radius 1 is 1.18 bits per heavy atom. The number of benzene rings is 1. The Balaban J connectivity index is 1.91. The Bertz CT molecular complexity index is 480. The van der Waals surface area contributed by atoms with Gasteiger partial charge in [-0.05, 0) is 37.8 Å². The van der Waals surface area contributed by atoms with Gasteiger partial charge in [-0.2, -0.15) is 0 Å². The van der Waals surface area contributed by atoms with E-state index >= 15 is 0 Å². The second-order valence-electron chi connectivity index (χ2n) is 4.86. The molecule has 3 N–H and O–H groups in total. The topological polar surface area (TPSA) is 69.6 Å². The van der Waals surface area contributed by atoms with Gasteiger partial charge in [0, 0.05) is 17.2 Å². The van der Waals surface area contributed by atoms with E-state index in [1.165, 1.54) is 6.07 Å². The van der Waals surface area contributed by atoms with Crippen molar-refractivity contribution in [2.75, 3.05) is 0 Å². The van der Waals surface area contributed by atoms with Crippen molar-refractivity contribution in [2.45, 2.75) is 37.8 Å². The lowest BCUT2D eigenvalue weighted by Gasteiger charge is -2.25. The molecule has 3 rings (SSSR count). The fraction of sp³-hybridized carbons (Fsp3) is 0.462. The molecule has 1 saturated carbocycles. The van der Waals surface area contributed by atoms with E-state index < -0.39 is 0 Å². The predicted octanol–water partition coefficient (Wildman–Crippen LogP) is 1.35. The number of Topliss-reactive ketones (excluding diaryl/α,β-unsaturated/α-hetero) is 1. The molecule has 1 unspecified atom stereocenters. The number of hydrogen-bond acceptors (Lipinski definition) is 4. The number of phenolic OH excluding ortho intramolecular Hbond substituents is 2. The summed E-state index contributed by atoms with van der Waals surface area (Å²) in [5.74, 6) is -0.251. The van der Waals surface area contributed by atoms with Gasteiger partial charge in [-0.15, -0.1) is 0 Å². The zero-order chi connectivity index (χ0) is 12.0. The molecule has 0 spiro atoms. The van der Waals surface area contributed by atoms with Crippen LogP contribution in [0, 0.1) is 0 Å². The maximum atomic E-state index is 12.2. The maximum absolute atomic E-state index is 12.2. The summed E-state index contributed by atoms with van der Waals surface area (Å²) in [5.41, 5.74) is 1.13. The fourth-order valence-electron chi connectivity index (χ4n) is 2.41. The van der Waals surface area contributed by atoms with Crippen molar-refractivity contribution in [1.29, 1.82) is 0 Å². The number of nitrogens with one attached hydrogen (secondary N) is 1. The number of hydrogen-bond donors (Lipinski definition) is 3. The van der Waals surface area contributed by atoms with E-state index in [1.807, 2.05) is 0 Å². The zero-order valence-corrected chi connectivity index (χ0v) is 9.44. The van der Waals surface area contributed by atoms with Crippen LogP contribution in [-0.4, -0.2) is 28.1 Å². The van der Waals surface area contributed by atoms with Crippen molar-refractivity contribution in [1.82, 2.24) is 5.32 Å². The Hall–Kier alpha value is -1.55. The minimum Gasteiger partial charge on any atom is -0.504 e. The minimum absolute atomic E-state index is 0.0356. The second-order valence-corrected chi connectivity index (χ2v) is 4.86. The van der Waals surface area contributed by atoms with Crippen LogP contribution in [0.2, 0.25) is 0 Å². The van der Waals surface area contributed by atoms with Gasteiger partial charge in [-0.1, -0.05) is 0 Å². The van der Waals surface area contributed by atoms with Crippen LogP contribution in [0.3, 0.4) is 0 Å². The first kappa shape index (κ1) is 10.6. The molecule has 17 heavy (non-hydrogen) atoms. The van der Waals surface area contributed by atoms with Crippen molar-refractivity contribution >= 4 is 5.78 Å². The molecule has 1 aromatic rings. The Morgan fingerprint density at radius 2 is 1.94 bits per heavy atom. The van der Waals surface area contributed by atoms with E-state index in [-0.39, 0.29) is 23.3 Å². The summed E-state index contributed by atoms with van der Waals surface area (Å²) in [6.07, 6.45) is 3.62. The molecule has 2 aliphatic rings. The van der Waals surface area contributed by atoms with E-state index in [2.05, 4.69) is 5.32 Å². The largest absolute Gasteiger partial charge is 0.504 e. The number of fused-ring (bicyclic) bond motifs is 1. The first-order valence-electron chi connectivity index (χ1n) is 6.01. The third-order valence-corrected chi connectivity index (χ3v) is 3.54. The van der Waals surface area contributed by atoms with Crippen LogP contribution in [0.25, 0.3) is 0 Å². The van der Waals surface area contributed by atoms with E-state index in [9.17, 15) is 15.0 Å². The van der Waals surface area contributed by atoms with Gasteiger partial charge in [0.2, 0.25) is 0 Å². The molecule has 0 bridgehead atoms. The molecule has 0 aliphatic heterocycles. The van der Waals surface area contributed by atoms with E-state index in [4.69, 9.17) is 0 Å². The molecule has 90 valence electrons. The molecular weight excluding hydrogens is 218 g/mol. The summed E-state index contributed by atoms with van der Waals surface area (Å²) < 4.78 is 0.